The Morgan fingerprint density at radius 2 is 1.88 bits per heavy atom. The van der Waals surface area contributed by atoms with Crippen molar-refractivity contribution in [3.05, 3.63) is 35.6 Å². The van der Waals surface area contributed by atoms with Gasteiger partial charge in [0.2, 0.25) is 5.95 Å². The number of anilines is 1. The third-order valence-electron chi connectivity index (χ3n) is 5.95. The number of nitrogens with one attached hydrogen (secondary N) is 1. The molecule has 5 nitrogen and oxygen atoms in total. The smallest absolute Gasteiger partial charge is 0.222 e. The first-order valence-corrected chi connectivity index (χ1v) is 10.2. The number of benzene rings is 1. The summed E-state index contributed by atoms with van der Waals surface area (Å²) in [7, 11) is 0. The van der Waals surface area contributed by atoms with Gasteiger partial charge in [-0.2, -0.15) is 0 Å². The van der Waals surface area contributed by atoms with Crippen molar-refractivity contribution in [1.82, 2.24) is 19.9 Å². The summed E-state index contributed by atoms with van der Waals surface area (Å²) < 4.78 is 1.22. The predicted octanol–water partition coefficient (Wildman–Crippen LogP) is 3.96. The molecule has 2 aromatic heterocycles. The topological polar surface area (TPSA) is 53.9 Å². The number of hydrogen-bond donors (Lipinski definition) is 1. The minimum atomic E-state index is 0.456. The van der Waals surface area contributed by atoms with E-state index in [4.69, 9.17) is 0 Å². The van der Waals surface area contributed by atoms with Crippen LogP contribution in [0.4, 0.5) is 5.95 Å². The lowest BCUT2D eigenvalue weighted by molar-refractivity contribution is 0.0455. The minimum Gasteiger partial charge on any atom is -0.350 e. The van der Waals surface area contributed by atoms with Gasteiger partial charge in [-0.1, -0.05) is 6.07 Å². The van der Waals surface area contributed by atoms with Crippen LogP contribution in [0.5, 0.6) is 0 Å². The number of aromatic nitrogens is 3. The molecule has 5 heterocycles. The summed E-state index contributed by atoms with van der Waals surface area (Å²) in [5.41, 5.74) is 3.20. The molecular weight excluding hydrogens is 342 g/mol. The van der Waals surface area contributed by atoms with Crippen LogP contribution in [0.2, 0.25) is 0 Å². The fourth-order valence-electron chi connectivity index (χ4n) is 4.47. The molecule has 3 saturated heterocycles. The Balaban J connectivity index is 1.36. The molecule has 2 bridgehead atoms. The molecule has 26 heavy (non-hydrogen) atoms. The Kier molecular flexibility index (Phi) is 3.90. The van der Waals surface area contributed by atoms with Crippen molar-refractivity contribution in [2.75, 3.05) is 18.4 Å². The predicted molar refractivity (Wildman–Crippen MR) is 107 cm³/mol. The molecule has 3 aliphatic rings. The molecule has 3 fully saturated rings. The first-order valence-electron chi connectivity index (χ1n) is 9.37. The number of fused-ring (bicyclic) bond motifs is 4. The molecule has 6 rings (SSSR count). The summed E-state index contributed by atoms with van der Waals surface area (Å²) in [4.78, 5) is 16.4. The average molecular weight is 366 g/mol. The first kappa shape index (κ1) is 16.1. The van der Waals surface area contributed by atoms with Crippen LogP contribution in [0.1, 0.15) is 24.8 Å². The Labute approximate surface area is 157 Å². The standard InChI is InChI=1S/C20H23N5S/c1-12-19(14-5-7-25(12)8-6-14)24-20-21-10-16(11-22-20)15-3-4-18-17(9-15)23-13(2)26-18/h3-4,9-12,14,19H,5-8H2,1-2H3,(H,21,22,24). The molecule has 3 aromatic rings. The van der Waals surface area contributed by atoms with Crippen molar-refractivity contribution < 1.29 is 0 Å². The number of rotatable bonds is 3. The summed E-state index contributed by atoms with van der Waals surface area (Å²) in [6.45, 7) is 6.84. The summed E-state index contributed by atoms with van der Waals surface area (Å²) in [6.07, 6.45) is 6.41. The van der Waals surface area contributed by atoms with E-state index in [2.05, 4.69) is 50.3 Å². The molecule has 0 amide bonds. The molecule has 0 saturated carbocycles. The van der Waals surface area contributed by atoms with Crippen molar-refractivity contribution in [3.63, 3.8) is 0 Å². The third-order valence-corrected chi connectivity index (χ3v) is 6.91. The summed E-state index contributed by atoms with van der Waals surface area (Å²) in [5, 5.41) is 4.70. The Bertz CT molecular complexity index is 925. The fourth-order valence-corrected chi connectivity index (χ4v) is 5.28. The second-order valence-electron chi connectivity index (χ2n) is 7.49. The van der Waals surface area contributed by atoms with Gasteiger partial charge in [0, 0.05) is 30.0 Å². The zero-order valence-electron chi connectivity index (χ0n) is 15.1. The monoisotopic (exact) mass is 365 g/mol. The Morgan fingerprint density at radius 1 is 1.12 bits per heavy atom. The van der Waals surface area contributed by atoms with Crippen LogP contribution in [-0.2, 0) is 0 Å². The highest BCUT2D eigenvalue weighted by molar-refractivity contribution is 7.18. The normalized spacial score (nSPS) is 27.8. The molecule has 1 aromatic carbocycles. The van der Waals surface area contributed by atoms with Gasteiger partial charge in [0.25, 0.3) is 0 Å². The lowest BCUT2D eigenvalue weighted by Crippen LogP contribution is -2.59. The van der Waals surface area contributed by atoms with Gasteiger partial charge in [0.15, 0.2) is 0 Å². The van der Waals surface area contributed by atoms with Gasteiger partial charge in [-0.3, -0.25) is 4.90 Å². The zero-order chi connectivity index (χ0) is 17.7. The maximum absolute atomic E-state index is 4.59. The highest BCUT2D eigenvalue weighted by Crippen LogP contribution is 2.33. The Morgan fingerprint density at radius 3 is 2.62 bits per heavy atom. The first-order chi connectivity index (χ1) is 12.7. The summed E-state index contributed by atoms with van der Waals surface area (Å²) in [5.74, 6) is 1.48. The fraction of sp³-hybridized carbons (Fsp3) is 0.450. The highest BCUT2D eigenvalue weighted by atomic mass is 32.1. The minimum absolute atomic E-state index is 0.456. The van der Waals surface area contributed by atoms with Crippen molar-refractivity contribution in [2.24, 2.45) is 5.92 Å². The van der Waals surface area contributed by atoms with Crippen LogP contribution in [0, 0.1) is 12.8 Å². The molecular formula is C20H23N5S. The van der Waals surface area contributed by atoms with Gasteiger partial charge >= 0.3 is 0 Å². The molecule has 0 aliphatic carbocycles. The zero-order valence-corrected chi connectivity index (χ0v) is 16.0. The van der Waals surface area contributed by atoms with E-state index < -0.39 is 0 Å². The molecule has 2 atom stereocenters. The molecule has 1 N–H and O–H groups in total. The van der Waals surface area contributed by atoms with Crippen molar-refractivity contribution >= 4 is 27.5 Å². The Hall–Kier alpha value is -2.05. The van der Waals surface area contributed by atoms with Gasteiger partial charge in [-0.25, -0.2) is 15.0 Å². The average Bonchev–Trinajstić information content (AvgIpc) is 3.05. The van der Waals surface area contributed by atoms with E-state index in [9.17, 15) is 0 Å². The molecule has 3 aliphatic heterocycles. The SMILES string of the molecule is Cc1nc2cc(-c3cnc(NC4C5CCN(CC5)C4C)nc3)ccc2s1. The van der Waals surface area contributed by atoms with Crippen molar-refractivity contribution in [1.29, 1.82) is 0 Å². The van der Waals surface area contributed by atoms with Gasteiger partial charge in [-0.15, -0.1) is 11.3 Å². The maximum atomic E-state index is 4.59. The second-order valence-corrected chi connectivity index (χ2v) is 8.73. The van der Waals surface area contributed by atoms with E-state index in [-0.39, 0.29) is 0 Å². The molecule has 2 unspecified atom stereocenters. The quantitative estimate of drug-likeness (QED) is 0.761. The highest BCUT2D eigenvalue weighted by Gasteiger charge is 2.39. The number of thiazole rings is 1. The van der Waals surface area contributed by atoms with E-state index in [1.807, 2.05) is 19.3 Å². The van der Waals surface area contributed by atoms with Crippen LogP contribution >= 0.6 is 11.3 Å². The van der Waals surface area contributed by atoms with Crippen LogP contribution in [-0.4, -0.2) is 45.0 Å². The van der Waals surface area contributed by atoms with Gasteiger partial charge in [0.1, 0.15) is 0 Å². The van der Waals surface area contributed by atoms with Gasteiger partial charge in [-0.05, 0) is 63.4 Å². The van der Waals surface area contributed by atoms with Crippen LogP contribution < -0.4 is 5.32 Å². The van der Waals surface area contributed by atoms with Crippen LogP contribution in [0.3, 0.4) is 0 Å². The molecule has 0 spiro atoms. The maximum Gasteiger partial charge on any atom is 0.222 e. The van der Waals surface area contributed by atoms with E-state index in [1.165, 1.54) is 30.6 Å². The van der Waals surface area contributed by atoms with E-state index >= 15 is 0 Å². The second kappa shape index (κ2) is 6.28. The van der Waals surface area contributed by atoms with Crippen molar-refractivity contribution in [2.45, 2.75) is 38.8 Å². The van der Waals surface area contributed by atoms with E-state index in [0.29, 0.717) is 12.1 Å². The molecule has 134 valence electrons. The van der Waals surface area contributed by atoms with Gasteiger partial charge in [0.05, 0.1) is 15.2 Å². The number of hydrogen-bond acceptors (Lipinski definition) is 6. The van der Waals surface area contributed by atoms with Crippen molar-refractivity contribution in [3.8, 4) is 11.1 Å². The third kappa shape index (κ3) is 2.77. The lowest BCUT2D eigenvalue weighted by atomic mass is 9.79. The summed E-state index contributed by atoms with van der Waals surface area (Å²) >= 11 is 1.73. The van der Waals surface area contributed by atoms with Gasteiger partial charge < -0.3 is 5.32 Å². The van der Waals surface area contributed by atoms with E-state index in [0.717, 1.165) is 33.5 Å². The largest absolute Gasteiger partial charge is 0.350 e. The van der Waals surface area contributed by atoms with Crippen LogP contribution in [0.15, 0.2) is 30.6 Å². The lowest BCUT2D eigenvalue weighted by Gasteiger charge is -2.49. The number of nitrogens with zero attached hydrogens (tertiary/aromatic N) is 4. The van der Waals surface area contributed by atoms with Crippen LogP contribution in [0.25, 0.3) is 21.3 Å². The summed E-state index contributed by atoms with van der Waals surface area (Å²) in [6, 6.07) is 7.40. The number of aryl methyl sites for hydroxylation is 1. The molecule has 0 radical (unpaired) electrons. The number of piperidine rings is 3. The van der Waals surface area contributed by atoms with E-state index in [1.54, 1.807) is 11.3 Å². The molecule has 6 heteroatoms.